The summed E-state index contributed by atoms with van der Waals surface area (Å²) in [6, 6.07) is 0.0479. The Morgan fingerprint density at radius 2 is 2.45 bits per heavy atom. The zero-order valence-corrected chi connectivity index (χ0v) is 12.4. The summed E-state index contributed by atoms with van der Waals surface area (Å²) in [7, 11) is 1.95. The number of nitrogens with zero attached hydrogens (tertiary/aromatic N) is 4. The standard InChI is InChI=1S/C13H17N5OS/c1-3-9-12(20-17-16-9)13(19)15-10-5-4-6-11-8(10)7-14-18(11)2/h7,10H,3-6H2,1-2H3,(H,15,19)/t10-/m0/s1. The molecule has 0 aliphatic heterocycles. The van der Waals surface area contributed by atoms with Crippen LogP contribution in [0.15, 0.2) is 6.20 Å². The number of rotatable bonds is 3. The molecule has 0 bridgehead atoms. The maximum absolute atomic E-state index is 12.4. The lowest BCUT2D eigenvalue weighted by Gasteiger charge is -2.23. The van der Waals surface area contributed by atoms with Crippen molar-refractivity contribution in [3.05, 3.63) is 28.0 Å². The summed E-state index contributed by atoms with van der Waals surface area (Å²) >= 11 is 1.16. The van der Waals surface area contributed by atoms with Crippen LogP contribution in [0.25, 0.3) is 0 Å². The fraction of sp³-hybridized carbons (Fsp3) is 0.538. The first-order valence-electron chi connectivity index (χ1n) is 6.83. The smallest absolute Gasteiger partial charge is 0.265 e. The van der Waals surface area contributed by atoms with E-state index in [9.17, 15) is 4.79 Å². The molecule has 2 aromatic rings. The summed E-state index contributed by atoms with van der Waals surface area (Å²) in [6.07, 6.45) is 5.64. The van der Waals surface area contributed by atoms with Crippen molar-refractivity contribution in [3.8, 4) is 0 Å². The second-order valence-electron chi connectivity index (χ2n) is 4.99. The van der Waals surface area contributed by atoms with Gasteiger partial charge in [-0.2, -0.15) is 5.10 Å². The second kappa shape index (κ2) is 5.32. The van der Waals surface area contributed by atoms with Gasteiger partial charge in [0.15, 0.2) is 0 Å². The maximum Gasteiger partial charge on any atom is 0.265 e. The number of nitrogens with one attached hydrogen (secondary N) is 1. The average molecular weight is 291 g/mol. The molecule has 0 saturated carbocycles. The van der Waals surface area contributed by atoms with Gasteiger partial charge >= 0.3 is 0 Å². The van der Waals surface area contributed by atoms with Crippen LogP contribution in [0.3, 0.4) is 0 Å². The lowest BCUT2D eigenvalue weighted by atomic mass is 9.93. The van der Waals surface area contributed by atoms with Gasteiger partial charge in [0.1, 0.15) is 4.88 Å². The SMILES string of the molecule is CCc1nnsc1C(=O)N[C@H]1CCCc2c1cnn2C. The van der Waals surface area contributed by atoms with E-state index < -0.39 is 0 Å². The van der Waals surface area contributed by atoms with Crippen LogP contribution in [0.5, 0.6) is 0 Å². The summed E-state index contributed by atoms with van der Waals surface area (Å²) in [6.45, 7) is 1.98. The van der Waals surface area contributed by atoms with E-state index >= 15 is 0 Å². The van der Waals surface area contributed by atoms with Crippen LogP contribution in [0.2, 0.25) is 0 Å². The number of aromatic nitrogens is 4. The van der Waals surface area contributed by atoms with E-state index in [1.165, 1.54) is 5.69 Å². The highest BCUT2D eigenvalue weighted by Crippen LogP contribution is 2.29. The highest BCUT2D eigenvalue weighted by Gasteiger charge is 2.26. The van der Waals surface area contributed by atoms with Gasteiger partial charge in [0.2, 0.25) is 0 Å². The summed E-state index contributed by atoms with van der Waals surface area (Å²) in [4.78, 5) is 13.0. The molecule has 1 aliphatic rings. The number of amides is 1. The molecule has 2 aromatic heterocycles. The zero-order chi connectivity index (χ0) is 14.1. The number of hydrogen-bond donors (Lipinski definition) is 1. The van der Waals surface area contributed by atoms with E-state index in [4.69, 9.17) is 0 Å². The molecule has 1 aliphatic carbocycles. The molecule has 0 fully saturated rings. The summed E-state index contributed by atoms with van der Waals surface area (Å²) in [5.74, 6) is -0.0708. The third-order valence-corrected chi connectivity index (χ3v) is 4.54. The van der Waals surface area contributed by atoms with Crippen molar-refractivity contribution in [2.75, 3.05) is 0 Å². The Kier molecular flexibility index (Phi) is 3.52. The van der Waals surface area contributed by atoms with Crippen LogP contribution in [0.1, 0.15) is 52.4 Å². The highest BCUT2D eigenvalue weighted by molar-refractivity contribution is 7.08. The zero-order valence-electron chi connectivity index (χ0n) is 11.6. The van der Waals surface area contributed by atoms with Crippen molar-refractivity contribution in [1.29, 1.82) is 0 Å². The second-order valence-corrected chi connectivity index (χ2v) is 5.74. The Hall–Kier alpha value is -1.76. The van der Waals surface area contributed by atoms with E-state index in [0.29, 0.717) is 4.88 Å². The summed E-state index contributed by atoms with van der Waals surface area (Å²) in [5.41, 5.74) is 3.14. The van der Waals surface area contributed by atoms with Crippen LogP contribution >= 0.6 is 11.5 Å². The molecule has 106 valence electrons. The Morgan fingerprint density at radius 1 is 1.60 bits per heavy atom. The Labute approximate surface area is 121 Å². The van der Waals surface area contributed by atoms with Crippen molar-refractivity contribution in [2.24, 2.45) is 7.05 Å². The molecule has 3 rings (SSSR count). The molecule has 2 heterocycles. The maximum atomic E-state index is 12.4. The predicted molar refractivity (Wildman–Crippen MR) is 75.6 cm³/mol. The minimum atomic E-state index is -0.0708. The van der Waals surface area contributed by atoms with Crippen LogP contribution < -0.4 is 5.32 Å². The van der Waals surface area contributed by atoms with Gasteiger partial charge < -0.3 is 5.32 Å². The van der Waals surface area contributed by atoms with Crippen molar-refractivity contribution in [2.45, 2.75) is 38.6 Å². The van der Waals surface area contributed by atoms with Crippen LogP contribution in [-0.2, 0) is 19.9 Å². The number of hydrogen-bond acceptors (Lipinski definition) is 5. The van der Waals surface area contributed by atoms with Crippen LogP contribution in [-0.4, -0.2) is 25.3 Å². The van der Waals surface area contributed by atoms with Crippen LogP contribution in [0.4, 0.5) is 0 Å². The number of aryl methyl sites for hydroxylation is 2. The van der Waals surface area contributed by atoms with Gasteiger partial charge in [0, 0.05) is 18.3 Å². The summed E-state index contributed by atoms with van der Waals surface area (Å²) < 4.78 is 5.77. The number of carbonyl (C=O) groups excluding carboxylic acids is 1. The van der Waals surface area contributed by atoms with E-state index in [-0.39, 0.29) is 11.9 Å². The molecule has 0 saturated heterocycles. The molecule has 0 unspecified atom stereocenters. The van der Waals surface area contributed by atoms with E-state index in [2.05, 4.69) is 20.0 Å². The topological polar surface area (TPSA) is 72.7 Å². The molecular formula is C13H17N5OS. The Morgan fingerprint density at radius 3 is 3.25 bits per heavy atom. The minimum absolute atomic E-state index is 0.0479. The lowest BCUT2D eigenvalue weighted by Crippen LogP contribution is -2.31. The quantitative estimate of drug-likeness (QED) is 0.933. The van der Waals surface area contributed by atoms with Gasteiger partial charge in [-0.15, -0.1) is 5.10 Å². The first kappa shape index (κ1) is 13.2. The molecule has 6 nitrogen and oxygen atoms in total. The first-order valence-corrected chi connectivity index (χ1v) is 7.61. The van der Waals surface area contributed by atoms with Crippen molar-refractivity contribution in [3.63, 3.8) is 0 Å². The summed E-state index contributed by atoms with van der Waals surface area (Å²) in [5, 5.41) is 11.4. The fourth-order valence-electron chi connectivity index (χ4n) is 2.69. The molecule has 0 radical (unpaired) electrons. The normalized spacial score (nSPS) is 17.8. The molecule has 7 heteroatoms. The minimum Gasteiger partial charge on any atom is -0.344 e. The monoisotopic (exact) mass is 291 g/mol. The van der Waals surface area contributed by atoms with Gasteiger partial charge in [-0.3, -0.25) is 9.48 Å². The van der Waals surface area contributed by atoms with Crippen molar-refractivity contribution in [1.82, 2.24) is 24.7 Å². The van der Waals surface area contributed by atoms with Gasteiger partial charge in [-0.05, 0) is 37.2 Å². The fourth-order valence-corrected chi connectivity index (χ4v) is 3.35. The number of carbonyl (C=O) groups is 1. The largest absolute Gasteiger partial charge is 0.344 e. The van der Waals surface area contributed by atoms with E-state index in [1.54, 1.807) is 0 Å². The number of fused-ring (bicyclic) bond motifs is 1. The van der Waals surface area contributed by atoms with Gasteiger partial charge in [0.05, 0.1) is 17.9 Å². The molecule has 1 atom stereocenters. The molecule has 1 amide bonds. The average Bonchev–Trinajstić information content (AvgIpc) is 3.06. The lowest BCUT2D eigenvalue weighted by molar-refractivity contribution is 0.0935. The van der Waals surface area contributed by atoms with Gasteiger partial charge in [-0.25, -0.2) is 0 Å². The van der Waals surface area contributed by atoms with E-state index in [0.717, 1.165) is 48.5 Å². The highest BCUT2D eigenvalue weighted by atomic mass is 32.1. The van der Waals surface area contributed by atoms with E-state index in [1.807, 2.05) is 24.9 Å². The molecule has 20 heavy (non-hydrogen) atoms. The molecule has 1 N–H and O–H groups in total. The van der Waals surface area contributed by atoms with Crippen molar-refractivity contribution >= 4 is 17.4 Å². The van der Waals surface area contributed by atoms with Gasteiger partial charge in [-0.1, -0.05) is 11.4 Å². The van der Waals surface area contributed by atoms with Crippen LogP contribution in [0, 0.1) is 0 Å². The third-order valence-electron chi connectivity index (χ3n) is 3.78. The van der Waals surface area contributed by atoms with Crippen molar-refractivity contribution < 1.29 is 4.79 Å². The Balaban J connectivity index is 1.81. The molecular weight excluding hydrogens is 274 g/mol. The predicted octanol–water partition coefficient (Wildman–Crippen LogP) is 1.64. The van der Waals surface area contributed by atoms with Gasteiger partial charge in [0.25, 0.3) is 5.91 Å². The first-order chi connectivity index (χ1) is 9.70. The molecule has 0 spiro atoms. The molecule has 0 aromatic carbocycles. The third kappa shape index (κ3) is 2.22. The Bertz CT molecular complexity index is 632.